The Kier molecular flexibility index (Phi) is 12.3. The van der Waals surface area contributed by atoms with E-state index in [1.165, 1.54) is 18.9 Å². The monoisotopic (exact) mass is 796 g/mol. The van der Waals surface area contributed by atoms with Crippen LogP contribution in [0.2, 0.25) is 0 Å². The standard InChI is InChI=1S/C44H56N6O8/c1-9-49-37-14-13-29-22-33(37)34(39(49)32-12-10-16-45-36(32)24-57-8)23-43(5,6)25-58-42(55)44(56)15-11-17-50(47-44)41(54)35(20-28-18-30(29)21-31(52)19-28)46-40(53)38(26(2)3)48(7)27(4)51/h10,12-14,16,18-19,21-22,26,35,38,47,52,56H,9,11,15,17,20,23-25H2,1-8H3,(H,46,53)/t35-,38-,44-/m0/s1. The van der Waals surface area contributed by atoms with Crippen molar-refractivity contribution in [1.82, 2.24) is 30.2 Å². The van der Waals surface area contributed by atoms with Crippen molar-refractivity contribution in [3.05, 3.63) is 71.5 Å². The summed E-state index contributed by atoms with van der Waals surface area (Å²) in [6.45, 7) is 12.1. The molecule has 14 nitrogen and oxygen atoms in total. The van der Waals surface area contributed by atoms with Gasteiger partial charge in [0.2, 0.25) is 17.5 Å². The van der Waals surface area contributed by atoms with E-state index in [1.54, 1.807) is 25.4 Å². The molecule has 0 saturated carbocycles. The lowest BCUT2D eigenvalue weighted by Crippen LogP contribution is -2.67. The van der Waals surface area contributed by atoms with E-state index in [-0.39, 0.29) is 50.0 Å². The van der Waals surface area contributed by atoms with Crippen molar-refractivity contribution >= 4 is 34.6 Å². The second-order valence-electron chi connectivity index (χ2n) is 16.7. The molecule has 3 atom stereocenters. The number of ether oxygens (including phenoxy) is 2. The molecule has 4 heterocycles. The van der Waals surface area contributed by atoms with Gasteiger partial charge in [0, 0.05) is 75.1 Å². The van der Waals surface area contributed by atoms with Gasteiger partial charge >= 0.3 is 5.97 Å². The van der Waals surface area contributed by atoms with Crippen LogP contribution in [0.5, 0.6) is 5.75 Å². The molecule has 4 N–H and O–H groups in total. The Labute approximate surface area is 339 Å². The lowest BCUT2D eigenvalue weighted by molar-refractivity contribution is -0.189. The van der Waals surface area contributed by atoms with Gasteiger partial charge in [-0.15, -0.1) is 0 Å². The molecule has 0 radical (unpaired) electrons. The molecular formula is C44H56N6O8. The van der Waals surface area contributed by atoms with Crippen LogP contribution < -0.4 is 10.7 Å². The van der Waals surface area contributed by atoms with Gasteiger partial charge < -0.3 is 34.5 Å². The third kappa shape index (κ3) is 8.59. The Bertz CT molecular complexity index is 2210. The molecule has 6 bridgehead atoms. The molecule has 0 unspecified atom stereocenters. The molecule has 2 aliphatic rings. The van der Waals surface area contributed by atoms with Crippen molar-refractivity contribution in [2.45, 2.75) is 98.2 Å². The lowest BCUT2D eigenvalue weighted by atomic mass is 9.84. The zero-order valence-electron chi connectivity index (χ0n) is 34.7. The minimum Gasteiger partial charge on any atom is -0.508 e. The predicted octanol–water partition coefficient (Wildman–Crippen LogP) is 4.71. The van der Waals surface area contributed by atoms with Crippen molar-refractivity contribution in [2.75, 3.05) is 27.3 Å². The third-order valence-electron chi connectivity index (χ3n) is 11.2. The first-order valence-electron chi connectivity index (χ1n) is 19.9. The number of hydrazine groups is 1. The van der Waals surface area contributed by atoms with Crippen molar-refractivity contribution in [3.63, 3.8) is 0 Å². The number of likely N-dealkylation sites (N-methyl/N-ethyl adjacent to an activating group) is 1. The number of nitrogens with one attached hydrogen (secondary N) is 2. The molecule has 6 rings (SSSR count). The molecule has 1 saturated heterocycles. The Morgan fingerprint density at radius 2 is 1.90 bits per heavy atom. The number of phenolic OH excluding ortho intramolecular Hbond substituents is 1. The van der Waals surface area contributed by atoms with Gasteiger partial charge in [-0.1, -0.05) is 39.8 Å². The first-order valence-corrected chi connectivity index (χ1v) is 19.9. The summed E-state index contributed by atoms with van der Waals surface area (Å²) in [5.74, 6) is -2.71. The topological polar surface area (TPSA) is 176 Å². The van der Waals surface area contributed by atoms with Crippen LogP contribution in [0.4, 0.5) is 0 Å². The van der Waals surface area contributed by atoms with Gasteiger partial charge in [-0.3, -0.25) is 24.4 Å². The van der Waals surface area contributed by atoms with E-state index >= 15 is 0 Å². The van der Waals surface area contributed by atoms with Crippen LogP contribution >= 0.6 is 0 Å². The summed E-state index contributed by atoms with van der Waals surface area (Å²) in [6, 6.07) is 13.1. The summed E-state index contributed by atoms with van der Waals surface area (Å²) in [7, 11) is 3.17. The average molecular weight is 797 g/mol. The number of fused-ring (bicyclic) bond motifs is 6. The third-order valence-corrected chi connectivity index (χ3v) is 11.2. The number of aliphatic hydroxyl groups is 1. The molecule has 0 aliphatic carbocycles. The lowest BCUT2D eigenvalue weighted by Gasteiger charge is -2.40. The number of amides is 3. The molecule has 2 aromatic carbocycles. The van der Waals surface area contributed by atoms with E-state index < -0.39 is 41.0 Å². The van der Waals surface area contributed by atoms with Crippen molar-refractivity contribution < 1.29 is 38.9 Å². The van der Waals surface area contributed by atoms with Gasteiger partial charge in [-0.25, -0.2) is 4.79 Å². The van der Waals surface area contributed by atoms with Crippen molar-refractivity contribution in [2.24, 2.45) is 11.3 Å². The van der Waals surface area contributed by atoms with Gasteiger partial charge in [-0.05, 0) is 84.3 Å². The number of carbonyl (C=O) groups excluding carboxylic acids is 4. The highest BCUT2D eigenvalue weighted by atomic mass is 16.6. The number of hydrogen-bond donors (Lipinski definition) is 4. The number of nitrogens with zero attached hydrogens (tertiary/aromatic N) is 4. The van der Waals surface area contributed by atoms with Crippen LogP contribution in [0, 0.1) is 11.3 Å². The summed E-state index contributed by atoms with van der Waals surface area (Å²) >= 11 is 0. The van der Waals surface area contributed by atoms with Crippen LogP contribution in [-0.2, 0) is 54.6 Å². The van der Waals surface area contributed by atoms with E-state index in [0.29, 0.717) is 30.7 Å². The highest BCUT2D eigenvalue weighted by Gasteiger charge is 2.45. The summed E-state index contributed by atoms with van der Waals surface area (Å²) in [4.78, 5) is 60.6. The first kappa shape index (κ1) is 42.3. The van der Waals surface area contributed by atoms with Crippen LogP contribution in [-0.4, -0.2) is 98.5 Å². The smallest absolute Gasteiger partial charge is 0.355 e. The minimum atomic E-state index is -2.22. The number of cyclic esters (lactones) is 1. The number of rotatable bonds is 8. The minimum absolute atomic E-state index is 0.0119. The fourth-order valence-corrected chi connectivity index (χ4v) is 8.34. The highest BCUT2D eigenvalue weighted by molar-refractivity contribution is 5.96. The molecule has 310 valence electrons. The van der Waals surface area contributed by atoms with Crippen LogP contribution in [0.1, 0.15) is 71.2 Å². The molecule has 14 heteroatoms. The number of aromatic nitrogens is 2. The summed E-state index contributed by atoms with van der Waals surface area (Å²) in [5.41, 5.74) is 6.59. The first-order chi connectivity index (χ1) is 27.5. The van der Waals surface area contributed by atoms with E-state index in [1.807, 2.05) is 52.0 Å². The molecule has 2 aliphatic heterocycles. The maximum absolute atomic E-state index is 14.4. The Morgan fingerprint density at radius 3 is 2.59 bits per heavy atom. The highest BCUT2D eigenvalue weighted by Crippen LogP contribution is 2.41. The molecule has 0 spiro atoms. The van der Waals surface area contributed by atoms with E-state index in [2.05, 4.69) is 39.4 Å². The van der Waals surface area contributed by atoms with Crippen LogP contribution in [0.3, 0.4) is 0 Å². The molecular weight excluding hydrogens is 741 g/mol. The summed E-state index contributed by atoms with van der Waals surface area (Å²) < 4.78 is 13.7. The van der Waals surface area contributed by atoms with Gasteiger partial charge in [0.25, 0.3) is 5.91 Å². The largest absolute Gasteiger partial charge is 0.508 e. The van der Waals surface area contributed by atoms with Gasteiger partial charge in [0.15, 0.2) is 0 Å². The second kappa shape index (κ2) is 16.9. The van der Waals surface area contributed by atoms with Gasteiger partial charge in [0.1, 0.15) is 17.8 Å². The number of phenols is 1. The quantitative estimate of drug-likeness (QED) is 0.183. The second-order valence-corrected chi connectivity index (χ2v) is 16.7. The maximum atomic E-state index is 14.4. The van der Waals surface area contributed by atoms with Gasteiger partial charge in [0.05, 0.1) is 24.6 Å². The maximum Gasteiger partial charge on any atom is 0.355 e. The number of hydrogen-bond acceptors (Lipinski definition) is 10. The SMILES string of the molecule is CCn1c(-c2cccnc2COC)c2c3cc(ccc31)-c1cc(O)cc(c1)C[C@H](NC(=O)[C@H](C(C)C)N(C)C(C)=O)C(=O)N1CCC[C@@](O)(N1)C(=O)OCC(C)(C)C2. The zero-order valence-corrected chi connectivity index (χ0v) is 34.7. The number of esters is 1. The summed E-state index contributed by atoms with van der Waals surface area (Å²) in [6.07, 6.45) is 2.42. The number of methoxy groups -OCH3 is 1. The van der Waals surface area contributed by atoms with Crippen molar-refractivity contribution in [1.29, 1.82) is 0 Å². The number of aryl methyl sites for hydroxylation is 1. The van der Waals surface area contributed by atoms with E-state index in [4.69, 9.17) is 9.47 Å². The molecule has 58 heavy (non-hydrogen) atoms. The van der Waals surface area contributed by atoms with Crippen LogP contribution in [0.15, 0.2) is 54.7 Å². The van der Waals surface area contributed by atoms with E-state index in [0.717, 1.165) is 44.0 Å². The average Bonchev–Trinajstić information content (AvgIpc) is 3.47. The Hall–Kier alpha value is -5.31. The molecule has 3 amide bonds. The molecule has 2 aromatic heterocycles. The van der Waals surface area contributed by atoms with Crippen molar-refractivity contribution in [3.8, 4) is 28.1 Å². The fourth-order valence-electron chi connectivity index (χ4n) is 8.34. The Balaban J connectivity index is 1.54. The number of aromatic hydroxyl groups is 1. The number of pyridine rings is 1. The van der Waals surface area contributed by atoms with Crippen LogP contribution in [0.25, 0.3) is 33.3 Å². The normalized spacial score (nSPS) is 20.4. The van der Waals surface area contributed by atoms with Gasteiger partial charge in [-0.2, -0.15) is 5.43 Å². The molecule has 1 fully saturated rings. The fraction of sp³-hybridized carbons (Fsp3) is 0.477. The predicted molar refractivity (Wildman–Crippen MR) is 219 cm³/mol. The van der Waals surface area contributed by atoms with E-state index in [9.17, 15) is 29.4 Å². The number of carbonyl (C=O) groups is 4. The number of benzene rings is 2. The zero-order chi connectivity index (χ0) is 42.1. The molecule has 4 aromatic rings. The summed E-state index contributed by atoms with van der Waals surface area (Å²) in [5, 5.41) is 27.9. The Morgan fingerprint density at radius 1 is 1.14 bits per heavy atom.